The molecule has 1 saturated carbocycles. The van der Waals surface area contributed by atoms with Crippen molar-refractivity contribution in [2.24, 2.45) is 0 Å². The third-order valence-corrected chi connectivity index (χ3v) is 5.12. The van der Waals surface area contributed by atoms with Crippen LogP contribution in [0.5, 0.6) is 0 Å². The second-order valence-corrected chi connectivity index (χ2v) is 6.99. The number of rotatable bonds is 7. The number of carbonyl (C=O) groups is 1. The van der Waals surface area contributed by atoms with Crippen molar-refractivity contribution in [1.82, 2.24) is 25.6 Å². The van der Waals surface area contributed by atoms with Crippen molar-refractivity contribution >= 4 is 17.2 Å². The zero-order chi connectivity index (χ0) is 16.8. The van der Waals surface area contributed by atoms with Crippen LogP contribution in [0.4, 0.5) is 0 Å². The Morgan fingerprint density at radius 2 is 2.08 bits per heavy atom. The summed E-state index contributed by atoms with van der Waals surface area (Å²) in [4.78, 5) is 25.1. The summed E-state index contributed by atoms with van der Waals surface area (Å²) in [6.07, 6.45) is 8.90. The maximum Gasteiger partial charge on any atom is 0.237 e. The fourth-order valence-electron chi connectivity index (χ4n) is 2.84. The molecule has 1 fully saturated rings. The van der Waals surface area contributed by atoms with Gasteiger partial charge in [0.15, 0.2) is 10.8 Å². The first kappa shape index (κ1) is 17.0. The van der Waals surface area contributed by atoms with E-state index in [1.54, 1.807) is 29.8 Å². The van der Waals surface area contributed by atoms with Gasteiger partial charge in [-0.15, -0.1) is 11.3 Å². The Bertz CT molecular complexity index is 654. The number of nitrogens with one attached hydrogen (secondary N) is 2. The molecule has 1 aliphatic rings. The van der Waals surface area contributed by atoms with Gasteiger partial charge in [0.25, 0.3) is 0 Å². The van der Waals surface area contributed by atoms with E-state index >= 15 is 0 Å². The van der Waals surface area contributed by atoms with Gasteiger partial charge in [-0.05, 0) is 25.8 Å². The Morgan fingerprint density at radius 1 is 1.33 bits per heavy atom. The standard InChI is InChI=1S/C17H23N5OS/c1-12(16(23)21-13-5-2-3-6-13)18-10-7-14-11-24-17(22-14)15-19-8-4-9-20-15/h4,8-9,11-13,18H,2-3,5-7,10H2,1H3,(H,21,23)/t12-/m1/s1. The van der Waals surface area contributed by atoms with Crippen molar-refractivity contribution in [1.29, 1.82) is 0 Å². The second kappa shape index (κ2) is 8.30. The molecule has 0 aromatic carbocycles. The van der Waals surface area contributed by atoms with Crippen LogP contribution in [0.1, 0.15) is 38.3 Å². The van der Waals surface area contributed by atoms with Crippen molar-refractivity contribution in [3.63, 3.8) is 0 Å². The highest BCUT2D eigenvalue weighted by Crippen LogP contribution is 2.19. The average Bonchev–Trinajstić information content (AvgIpc) is 3.27. The molecule has 1 amide bonds. The Kier molecular flexibility index (Phi) is 5.87. The Morgan fingerprint density at radius 3 is 2.83 bits per heavy atom. The molecule has 0 saturated heterocycles. The van der Waals surface area contributed by atoms with Gasteiger partial charge >= 0.3 is 0 Å². The lowest BCUT2D eigenvalue weighted by molar-refractivity contribution is -0.123. The first-order valence-corrected chi connectivity index (χ1v) is 9.36. The van der Waals surface area contributed by atoms with Crippen LogP contribution >= 0.6 is 11.3 Å². The molecule has 0 spiro atoms. The van der Waals surface area contributed by atoms with E-state index in [9.17, 15) is 4.79 Å². The van der Waals surface area contributed by atoms with Crippen LogP contribution in [0, 0.1) is 0 Å². The fraction of sp³-hybridized carbons (Fsp3) is 0.529. The minimum absolute atomic E-state index is 0.0959. The molecule has 0 radical (unpaired) electrons. The van der Waals surface area contributed by atoms with Gasteiger partial charge in [0.1, 0.15) is 0 Å². The van der Waals surface area contributed by atoms with Crippen LogP contribution in [0.3, 0.4) is 0 Å². The minimum atomic E-state index is -0.179. The van der Waals surface area contributed by atoms with Crippen LogP contribution in [-0.2, 0) is 11.2 Å². The summed E-state index contributed by atoms with van der Waals surface area (Å²) < 4.78 is 0. The van der Waals surface area contributed by atoms with Crippen molar-refractivity contribution in [3.8, 4) is 10.8 Å². The van der Waals surface area contributed by atoms with Gasteiger partial charge < -0.3 is 10.6 Å². The van der Waals surface area contributed by atoms with Gasteiger partial charge in [0, 0.05) is 36.8 Å². The van der Waals surface area contributed by atoms with Gasteiger partial charge in [0.2, 0.25) is 5.91 Å². The molecule has 2 heterocycles. The SMILES string of the molecule is C[C@@H](NCCc1csc(-c2ncccn2)n1)C(=O)NC1CCCC1. The molecule has 0 unspecified atom stereocenters. The van der Waals surface area contributed by atoms with Crippen molar-refractivity contribution in [2.75, 3.05) is 6.54 Å². The second-order valence-electron chi connectivity index (χ2n) is 6.13. The van der Waals surface area contributed by atoms with Crippen molar-refractivity contribution in [3.05, 3.63) is 29.5 Å². The molecule has 24 heavy (non-hydrogen) atoms. The number of hydrogen-bond donors (Lipinski definition) is 2. The molecule has 2 aromatic heterocycles. The smallest absolute Gasteiger partial charge is 0.237 e. The number of aromatic nitrogens is 3. The zero-order valence-corrected chi connectivity index (χ0v) is 14.7. The molecule has 0 aliphatic heterocycles. The molecule has 1 atom stereocenters. The molecule has 128 valence electrons. The number of amides is 1. The fourth-order valence-corrected chi connectivity index (χ4v) is 3.64. The van der Waals surface area contributed by atoms with Crippen LogP contribution in [0.2, 0.25) is 0 Å². The zero-order valence-electron chi connectivity index (χ0n) is 13.9. The van der Waals surface area contributed by atoms with E-state index < -0.39 is 0 Å². The lowest BCUT2D eigenvalue weighted by Crippen LogP contribution is -2.46. The van der Waals surface area contributed by atoms with Crippen LogP contribution in [-0.4, -0.2) is 39.5 Å². The topological polar surface area (TPSA) is 79.8 Å². The average molecular weight is 345 g/mol. The van der Waals surface area contributed by atoms with Crippen LogP contribution in [0.15, 0.2) is 23.8 Å². The highest BCUT2D eigenvalue weighted by atomic mass is 32.1. The Labute approximate surface area is 146 Å². The quantitative estimate of drug-likeness (QED) is 0.804. The predicted octanol–water partition coefficient (Wildman–Crippen LogP) is 2.18. The highest BCUT2D eigenvalue weighted by molar-refractivity contribution is 7.13. The van der Waals surface area contributed by atoms with E-state index in [0.717, 1.165) is 36.5 Å². The van der Waals surface area contributed by atoms with Crippen molar-refractivity contribution < 1.29 is 4.79 Å². The minimum Gasteiger partial charge on any atom is -0.352 e. The van der Waals surface area contributed by atoms with Crippen molar-refractivity contribution in [2.45, 2.75) is 51.1 Å². The molecular weight excluding hydrogens is 322 g/mol. The molecular formula is C17H23N5OS. The number of hydrogen-bond acceptors (Lipinski definition) is 6. The molecule has 1 aliphatic carbocycles. The van der Waals surface area contributed by atoms with Gasteiger partial charge in [0.05, 0.1) is 11.7 Å². The largest absolute Gasteiger partial charge is 0.352 e. The summed E-state index contributed by atoms with van der Waals surface area (Å²) in [7, 11) is 0. The molecule has 0 bridgehead atoms. The summed E-state index contributed by atoms with van der Waals surface area (Å²) in [5.74, 6) is 0.754. The molecule has 2 N–H and O–H groups in total. The lowest BCUT2D eigenvalue weighted by atomic mass is 10.2. The first-order chi connectivity index (χ1) is 11.7. The number of thiazole rings is 1. The van der Waals surface area contributed by atoms with Gasteiger partial charge in [-0.3, -0.25) is 4.79 Å². The normalized spacial score (nSPS) is 16.2. The summed E-state index contributed by atoms with van der Waals surface area (Å²) in [6, 6.07) is 1.98. The summed E-state index contributed by atoms with van der Waals surface area (Å²) >= 11 is 1.55. The van der Waals surface area contributed by atoms with E-state index in [2.05, 4.69) is 25.6 Å². The van der Waals surface area contributed by atoms with Gasteiger partial charge in [-0.25, -0.2) is 15.0 Å². The molecule has 6 nitrogen and oxygen atoms in total. The van der Waals surface area contributed by atoms with E-state index in [1.807, 2.05) is 12.3 Å². The van der Waals surface area contributed by atoms with Gasteiger partial charge in [-0.1, -0.05) is 12.8 Å². The maximum atomic E-state index is 12.1. The first-order valence-electron chi connectivity index (χ1n) is 8.48. The highest BCUT2D eigenvalue weighted by Gasteiger charge is 2.20. The third kappa shape index (κ3) is 4.58. The molecule has 2 aromatic rings. The van der Waals surface area contributed by atoms with E-state index in [1.165, 1.54) is 12.8 Å². The van der Waals surface area contributed by atoms with E-state index in [4.69, 9.17) is 0 Å². The summed E-state index contributed by atoms with van der Waals surface area (Å²) in [5.41, 5.74) is 0.998. The number of nitrogens with zero attached hydrogens (tertiary/aromatic N) is 3. The monoisotopic (exact) mass is 345 g/mol. The number of carbonyl (C=O) groups excluding carboxylic acids is 1. The van der Waals surface area contributed by atoms with E-state index in [0.29, 0.717) is 11.9 Å². The predicted molar refractivity (Wildman–Crippen MR) is 94.7 cm³/mol. The summed E-state index contributed by atoms with van der Waals surface area (Å²) in [5, 5.41) is 9.25. The van der Waals surface area contributed by atoms with Crippen LogP contribution in [0.25, 0.3) is 10.8 Å². The Balaban J connectivity index is 1.43. The lowest BCUT2D eigenvalue weighted by Gasteiger charge is -2.17. The molecule has 7 heteroatoms. The Hall–Kier alpha value is -1.86. The van der Waals surface area contributed by atoms with Crippen LogP contribution < -0.4 is 10.6 Å². The van der Waals surface area contributed by atoms with E-state index in [-0.39, 0.29) is 11.9 Å². The third-order valence-electron chi connectivity index (χ3n) is 4.24. The van der Waals surface area contributed by atoms with Gasteiger partial charge in [-0.2, -0.15) is 0 Å². The summed E-state index contributed by atoms with van der Waals surface area (Å²) in [6.45, 7) is 2.63. The maximum absolute atomic E-state index is 12.1. The molecule has 3 rings (SSSR count).